The number of nitrogens with one attached hydrogen (secondary N) is 1. The molecule has 2 rings (SSSR count). The van der Waals surface area contributed by atoms with Crippen molar-refractivity contribution in [3.05, 3.63) is 0 Å². The Morgan fingerprint density at radius 2 is 2.21 bits per heavy atom. The van der Waals surface area contributed by atoms with Crippen LogP contribution in [0.4, 0.5) is 0 Å². The number of likely N-dealkylation sites (tertiary alicyclic amines) is 1. The van der Waals surface area contributed by atoms with Crippen molar-refractivity contribution in [1.29, 1.82) is 0 Å². The summed E-state index contributed by atoms with van der Waals surface area (Å²) in [4.78, 5) is 6.75. The van der Waals surface area contributed by atoms with Crippen molar-refractivity contribution in [2.75, 3.05) is 39.9 Å². The van der Waals surface area contributed by atoms with Crippen LogP contribution in [0.5, 0.6) is 0 Å². The molecule has 0 aromatic carbocycles. The second-order valence-corrected chi connectivity index (χ2v) is 6.68. The lowest BCUT2D eigenvalue weighted by Gasteiger charge is -2.23. The van der Waals surface area contributed by atoms with Crippen LogP contribution in [0.25, 0.3) is 0 Å². The number of nitrogens with zero attached hydrogens (tertiary/aromatic N) is 2. The van der Waals surface area contributed by atoms with Gasteiger partial charge in [0.2, 0.25) is 0 Å². The zero-order valence-electron chi connectivity index (χ0n) is 12.7. The second kappa shape index (κ2) is 6.60. The first-order valence-corrected chi connectivity index (χ1v) is 7.64. The van der Waals surface area contributed by atoms with Crippen LogP contribution in [-0.2, 0) is 4.74 Å². The molecule has 1 heterocycles. The van der Waals surface area contributed by atoms with Crippen molar-refractivity contribution in [3.8, 4) is 0 Å². The lowest BCUT2D eigenvalue weighted by Crippen LogP contribution is -2.41. The minimum Gasteiger partial charge on any atom is -0.381 e. The summed E-state index contributed by atoms with van der Waals surface area (Å²) in [5.41, 5.74) is 0.422. The smallest absolute Gasteiger partial charge is 0.193 e. The van der Waals surface area contributed by atoms with Crippen LogP contribution in [0, 0.1) is 11.3 Å². The average Bonchev–Trinajstić information content (AvgIpc) is 3.12. The Balaban J connectivity index is 1.57. The molecule has 4 nitrogen and oxygen atoms in total. The van der Waals surface area contributed by atoms with Crippen LogP contribution >= 0.6 is 0 Å². The van der Waals surface area contributed by atoms with Gasteiger partial charge in [-0.3, -0.25) is 4.99 Å². The quantitative estimate of drug-likeness (QED) is 0.455. The van der Waals surface area contributed by atoms with E-state index in [1.165, 1.54) is 19.3 Å². The summed E-state index contributed by atoms with van der Waals surface area (Å²) in [6.45, 7) is 9.66. The topological polar surface area (TPSA) is 36.9 Å². The highest BCUT2D eigenvalue weighted by Crippen LogP contribution is 2.29. The van der Waals surface area contributed by atoms with Crippen molar-refractivity contribution < 1.29 is 4.74 Å². The Hall–Kier alpha value is -0.770. The zero-order valence-corrected chi connectivity index (χ0v) is 12.7. The van der Waals surface area contributed by atoms with Crippen LogP contribution < -0.4 is 5.32 Å². The molecule has 1 aliphatic heterocycles. The molecule has 1 aliphatic carbocycles. The molecule has 0 atom stereocenters. The van der Waals surface area contributed by atoms with Crippen molar-refractivity contribution >= 4 is 5.96 Å². The number of ether oxygens (including phenoxy) is 1. The summed E-state index contributed by atoms with van der Waals surface area (Å²) in [5.74, 6) is 1.92. The van der Waals surface area contributed by atoms with E-state index in [-0.39, 0.29) is 0 Å². The molecule has 1 saturated heterocycles. The van der Waals surface area contributed by atoms with Crippen LogP contribution in [-0.4, -0.2) is 50.8 Å². The Morgan fingerprint density at radius 3 is 2.79 bits per heavy atom. The Bertz CT molecular complexity index is 311. The van der Waals surface area contributed by atoms with E-state index in [4.69, 9.17) is 4.74 Å². The van der Waals surface area contributed by atoms with Gasteiger partial charge in [-0.15, -0.1) is 0 Å². The minimum absolute atomic E-state index is 0.422. The monoisotopic (exact) mass is 267 g/mol. The molecule has 4 heteroatoms. The van der Waals surface area contributed by atoms with E-state index in [0.29, 0.717) is 5.41 Å². The zero-order chi connectivity index (χ0) is 13.7. The van der Waals surface area contributed by atoms with Crippen molar-refractivity contribution in [3.63, 3.8) is 0 Å². The highest BCUT2D eigenvalue weighted by atomic mass is 16.5. The van der Waals surface area contributed by atoms with Crippen molar-refractivity contribution in [2.24, 2.45) is 16.3 Å². The van der Waals surface area contributed by atoms with Gasteiger partial charge in [-0.05, 0) is 37.0 Å². The highest BCUT2D eigenvalue weighted by molar-refractivity contribution is 5.80. The summed E-state index contributed by atoms with van der Waals surface area (Å²) >= 11 is 0. The SMILES string of the molecule is CN=C(NCCCOCC1CC1)N1CCC(C)(C)C1. The van der Waals surface area contributed by atoms with E-state index in [2.05, 4.69) is 29.1 Å². The Morgan fingerprint density at radius 1 is 1.42 bits per heavy atom. The van der Waals surface area contributed by atoms with E-state index in [1.54, 1.807) is 0 Å². The summed E-state index contributed by atoms with van der Waals surface area (Å²) in [6.07, 6.45) is 5.05. The van der Waals surface area contributed by atoms with Gasteiger partial charge in [0.25, 0.3) is 0 Å². The van der Waals surface area contributed by atoms with E-state index in [1.807, 2.05) is 7.05 Å². The fraction of sp³-hybridized carbons (Fsp3) is 0.933. The maximum Gasteiger partial charge on any atom is 0.193 e. The molecule has 19 heavy (non-hydrogen) atoms. The Kier molecular flexibility index (Phi) is 5.08. The molecule has 0 aromatic rings. The molecular formula is C15H29N3O. The molecule has 2 aliphatic rings. The molecule has 0 spiro atoms. The van der Waals surface area contributed by atoms with Gasteiger partial charge < -0.3 is 15.0 Å². The predicted molar refractivity (Wildman–Crippen MR) is 79.5 cm³/mol. The van der Waals surface area contributed by atoms with Gasteiger partial charge in [0, 0.05) is 39.9 Å². The number of guanidine groups is 1. The second-order valence-electron chi connectivity index (χ2n) is 6.68. The third kappa shape index (κ3) is 5.01. The lowest BCUT2D eigenvalue weighted by atomic mass is 9.93. The average molecular weight is 267 g/mol. The third-order valence-electron chi connectivity index (χ3n) is 3.99. The maximum absolute atomic E-state index is 5.64. The highest BCUT2D eigenvalue weighted by Gasteiger charge is 2.30. The van der Waals surface area contributed by atoms with Crippen molar-refractivity contribution in [2.45, 2.75) is 39.5 Å². The molecular weight excluding hydrogens is 238 g/mol. The molecule has 0 radical (unpaired) electrons. The normalized spacial score (nSPS) is 22.9. The minimum atomic E-state index is 0.422. The van der Waals surface area contributed by atoms with Gasteiger partial charge >= 0.3 is 0 Å². The number of hydrogen-bond donors (Lipinski definition) is 1. The van der Waals surface area contributed by atoms with E-state index >= 15 is 0 Å². The van der Waals surface area contributed by atoms with Crippen LogP contribution in [0.1, 0.15) is 39.5 Å². The molecule has 1 saturated carbocycles. The van der Waals surface area contributed by atoms with Gasteiger partial charge in [0.15, 0.2) is 5.96 Å². The largest absolute Gasteiger partial charge is 0.381 e. The number of rotatable bonds is 6. The molecule has 0 amide bonds. The molecule has 2 fully saturated rings. The van der Waals surface area contributed by atoms with Gasteiger partial charge in [0.05, 0.1) is 0 Å². The molecule has 0 aromatic heterocycles. The Labute approximate surface area is 117 Å². The summed E-state index contributed by atoms with van der Waals surface area (Å²) in [5, 5.41) is 3.45. The van der Waals surface area contributed by atoms with Crippen LogP contribution in [0.3, 0.4) is 0 Å². The lowest BCUT2D eigenvalue weighted by molar-refractivity contribution is 0.122. The van der Waals surface area contributed by atoms with Crippen molar-refractivity contribution in [1.82, 2.24) is 10.2 Å². The first-order valence-electron chi connectivity index (χ1n) is 7.64. The molecule has 0 bridgehead atoms. The van der Waals surface area contributed by atoms with E-state index in [9.17, 15) is 0 Å². The maximum atomic E-state index is 5.64. The predicted octanol–water partition coefficient (Wildman–Crippen LogP) is 2.11. The standard InChI is InChI=1S/C15H29N3O/c1-15(2)7-9-18(12-15)14(16-3)17-8-4-10-19-11-13-5-6-13/h13H,4-12H2,1-3H3,(H,16,17). The van der Waals surface area contributed by atoms with Gasteiger partial charge in [-0.2, -0.15) is 0 Å². The first-order chi connectivity index (χ1) is 9.11. The molecule has 1 N–H and O–H groups in total. The van der Waals surface area contributed by atoms with Crippen LogP contribution in [0.15, 0.2) is 4.99 Å². The van der Waals surface area contributed by atoms with Gasteiger partial charge in [-0.1, -0.05) is 13.8 Å². The van der Waals surface area contributed by atoms with E-state index < -0.39 is 0 Å². The van der Waals surface area contributed by atoms with Crippen LogP contribution in [0.2, 0.25) is 0 Å². The summed E-state index contributed by atoms with van der Waals surface area (Å²) < 4.78 is 5.64. The summed E-state index contributed by atoms with van der Waals surface area (Å²) in [7, 11) is 1.87. The number of hydrogen-bond acceptors (Lipinski definition) is 2. The molecule has 0 unspecified atom stereocenters. The van der Waals surface area contributed by atoms with Gasteiger partial charge in [-0.25, -0.2) is 0 Å². The fourth-order valence-corrected chi connectivity index (χ4v) is 2.53. The third-order valence-corrected chi connectivity index (χ3v) is 3.99. The summed E-state index contributed by atoms with van der Waals surface area (Å²) in [6, 6.07) is 0. The molecule has 110 valence electrons. The van der Waals surface area contributed by atoms with Gasteiger partial charge in [0.1, 0.15) is 0 Å². The fourth-order valence-electron chi connectivity index (χ4n) is 2.53. The first kappa shape index (κ1) is 14.6. The number of aliphatic imine (C=N–C) groups is 1. The van der Waals surface area contributed by atoms with E-state index in [0.717, 1.165) is 51.1 Å².